The molecule has 2 N–H and O–H groups in total. The average molecular weight is 227 g/mol. The van der Waals surface area contributed by atoms with E-state index in [0.29, 0.717) is 0 Å². The molecule has 2 atom stereocenters. The first-order chi connectivity index (χ1) is 7.56. The van der Waals surface area contributed by atoms with E-state index in [-0.39, 0.29) is 18.0 Å². The van der Waals surface area contributed by atoms with Crippen LogP contribution in [0.15, 0.2) is 0 Å². The fraction of sp³-hybridized carbons (Fsp3) is 0.917. The zero-order valence-electron chi connectivity index (χ0n) is 10.8. The minimum Gasteiger partial charge on any atom is -0.337 e. The lowest BCUT2D eigenvalue weighted by atomic mass is 10.1. The molecule has 0 bridgehead atoms. The van der Waals surface area contributed by atoms with Crippen molar-refractivity contribution in [3.63, 3.8) is 0 Å². The molecule has 94 valence electrons. The third kappa shape index (κ3) is 3.46. The third-order valence-corrected chi connectivity index (χ3v) is 3.25. The van der Waals surface area contributed by atoms with Crippen molar-refractivity contribution in [1.29, 1.82) is 0 Å². The van der Waals surface area contributed by atoms with E-state index in [4.69, 9.17) is 5.73 Å². The van der Waals surface area contributed by atoms with E-state index in [0.717, 1.165) is 38.9 Å². The third-order valence-electron chi connectivity index (χ3n) is 3.25. The van der Waals surface area contributed by atoms with Gasteiger partial charge in [-0.25, -0.2) is 0 Å². The average Bonchev–Trinajstić information content (AvgIpc) is 2.38. The lowest BCUT2D eigenvalue weighted by molar-refractivity contribution is -0.134. The van der Waals surface area contributed by atoms with Crippen LogP contribution >= 0.6 is 0 Å². The number of hydrogen-bond acceptors (Lipinski definition) is 3. The van der Waals surface area contributed by atoms with Gasteiger partial charge in [0.15, 0.2) is 0 Å². The first-order valence-corrected chi connectivity index (χ1v) is 6.30. The van der Waals surface area contributed by atoms with Crippen molar-refractivity contribution in [2.24, 2.45) is 5.73 Å². The Kier molecular flexibility index (Phi) is 5.22. The van der Waals surface area contributed by atoms with Crippen molar-refractivity contribution in [2.45, 2.75) is 45.2 Å². The van der Waals surface area contributed by atoms with Gasteiger partial charge in [0.1, 0.15) is 0 Å². The van der Waals surface area contributed by atoms with Gasteiger partial charge >= 0.3 is 0 Å². The van der Waals surface area contributed by atoms with Crippen LogP contribution < -0.4 is 5.73 Å². The van der Waals surface area contributed by atoms with E-state index < -0.39 is 0 Å². The molecule has 4 nitrogen and oxygen atoms in total. The molecule has 0 aromatic carbocycles. The molecule has 1 amide bonds. The summed E-state index contributed by atoms with van der Waals surface area (Å²) in [5.41, 5.74) is 5.90. The Balaban J connectivity index is 2.59. The summed E-state index contributed by atoms with van der Waals surface area (Å²) in [7, 11) is 2.11. The summed E-state index contributed by atoms with van der Waals surface area (Å²) < 4.78 is 0. The molecule has 1 heterocycles. The minimum atomic E-state index is -0.309. The number of carbonyl (C=O) groups is 1. The predicted octanol–water partition coefficient (Wildman–Crippen LogP) is 0.666. The lowest BCUT2D eigenvalue weighted by Gasteiger charge is -2.30. The highest BCUT2D eigenvalue weighted by Crippen LogP contribution is 2.11. The standard InChI is InChI=1S/C12H25N3O/c1-4-6-11(13)12(16)15-8-5-7-14(3)9-10(15)2/h10-11H,4-9,13H2,1-3H3. The van der Waals surface area contributed by atoms with Crippen LogP contribution in [0.3, 0.4) is 0 Å². The minimum absolute atomic E-state index is 0.129. The summed E-state index contributed by atoms with van der Waals surface area (Å²) in [6.07, 6.45) is 2.80. The van der Waals surface area contributed by atoms with Gasteiger partial charge < -0.3 is 15.5 Å². The largest absolute Gasteiger partial charge is 0.337 e. The van der Waals surface area contributed by atoms with E-state index >= 15 is 0 Å². The zero-order chi connectivity index (χ0) is 12.1. The summed E-state index contributed by atoms with van der Waals surface area (Å²) in [6, 6.07) is -0.0289. The van der Waals surface area contributed by atoms with E-state index in [1.165, 1.54) is 0 Å². The van der Waals surface area contributed by atoms with Gasteiger partial charge in [-0.15, -0.1) is 0 Å². The van der Waals surface area contributed by atoms with Gasteiger partial charge in [0, 0.05) is 19.1 Å². The second kappa shape index (κ2) is 6.21. The topological polar surface area (TPSA) is 49.6 Å². The maximum Gasteiger partial charge on any atom is 0.239 e. The number of rotatable bonds is 3. The summed E-state index contributed by atoms with van der Waals surface area (Å²) in [4.78, 5) is 16.4. The van der Waals surface area contributed by atoms with Gasteiger partial charge in [0.05, 0.1) is 6.04 Å². The molecule has 4 heteroatoms. The van der Waals surface area contributed by atoms with Gasteiger partial charge in [0.2, 0.25) is 5.91 Å². The fourth-order valence-corrected chi connectivity index (χ4v) is 2.35. The van der Waals surface area contributed by atoms with Crippen LogP contribution in [0.5, 0.6) is 0 Å². The Labute approximate surface area is 98.8 Å². The van der Waals surface area contributed by atoms with Crippen LogP contribution in [0, 0.1) is 0 Å². The van der Waals surface area contributed by atoms with Crippen LogP contribution in [0.4, 0.5) is 0 Å². The zero-order valence-corrected chi connectivity index (χ0v) is 10.8. The van der Waals surface area contributed by atoms with Gasteiger partial charge in [-0.1, -0.05) is 13.3 Å². The number of likely N-dealkylation sites (N-methyl/N-ethyl adjacent to an activating group) is 1. The molecular formula is C12H25N3O. The van der Waals surface area contributed by atoms with E-state index in [1.807, 2.05) is 4.90 Å². The highest BCUT2D eigenvalue weighted by Gasteiger charge is 2.27. The molecule has 0 aliphatic carbocycles. The van der Waals surface area contributed by atoms with E-state index in [2.05, 4.69) is 25.8 Å². The lowest BCUT2D eigenvalue weighted by Crippen LogP contribution is -2.49. The molecule has 0 spiro atoms. The van der Waals surface area contributed by atoms with Gasteiger partial charge in [-0.2, -0.15) is 0 Å². The van der Waals surface area contributed by atoms with Crippen LogP contribution in [0.1, 0.15) is 33.1 Å². The van der Waals surface area contributed by atoms with E-state index in [1.54, 1.807) is 0 Å². The van der Waals surface area contributed by atoms with Gasteiger partial charge in [0.25, 0.3) is 0 Å². The predicted molar refractivity (Wildman–Crippen MR) is 66.2 cm³/mol. The first-order valence-electron chi connectivity index (χ1n) is 6.30. The van der Waals surface area contributed by atoms with Crippen molar-refractivity contribution in [3.8, 4) is 0 Å². The summed E-state index contributed by atoms with van der Waals surface area (Å²) in [5, 5.41) is 0. The van der Waals surface area contributed by atoms with Crippen molar-refractivity contribution >= 4 is 5.91 Å². The molecule has 0 aromatic rings. The van der Waals surface area contributed by atoms with Gasteiger partial charge in [-0.3, -0.25) is 4.79 Å². The van der Waals surface area contributed by atoms with Gasteiger partial charge in [-0.05, 0) is 33.4 Å². The molecular weight excluding hydrogens is 202 g/mol. The van der Waals surface area contributed by atoms with Crippen molar-refractivity contribution < 1.29 is 4.79 Å². The summed E-state index contributed by atoms with van der Waals surface area (Å²) in [5.74, 6) is 0.129. The molecule has 2 unspecified atom stereocenters. The molecule has 1 aliphatic rings. The Morgan fingerprint density at radius 3 is 2.81 bits per heavy atom. The second-order valence-corrected chi connectivity index (χ2v) is 4.89. The number of hydrogen-bond donors (Lipinski definition) is 1. The van der Waals surface area contributed by atoms with Crippen LogP contribution in [0.2, 0.25) is 0 Å². The first kappa shape index (κ1) is 13.5. The highest BCUT2D eigenvalue weighted by atomic mass is 16.2. The SMILES string of the molecule is CCCC(N)C(=O)N1CCCN(C)CC1C. The molecule has 0 saturated carbocycles. The number of nitrogens with two attached hydrogens (primary N) is 1. The number of carbonyl (C=O) groups excluding carboxylic acids is 1. The van der Waals surface area contributed by atoms with Crippen molar-refractivity contribution in [1.82, 2.24) is 9.80 Å². The molecule has 1 rings (SSSR count). The Hall–Kier alpha value is -0.610. The molecule has 0 radical (unpaired) electrons. The van der Waals surface area contributed by atoms with E-state index in [9.17, 15) is 4.79 Å². The molecule has 1 saturated heterocycles. The maximum atomic E-state index is 12.1. The Morgan fingerprint density at radius 1 is 1.50 bits per heavy atom. The molecule has 1 aliphatic heterocycles. The smallest absolute Gasteiger partial charge is 0.239 e. The number of amides is 1. The molecule has 1 fully saturated rings. The Bertz CT molecular complexity index is 232. The summed E-state index contributed by atoms with van der Waals surface area (Å²) in [6.45, 7) is 7.04. The van der Waals surface area contributed by atoms with Crippen LogP contribution in [0.25, 0.3) is 0 Å². The van der Waals surface area contributed by atoms with Crippen molar-refractivity contribution in [2.75, 3.05) is 26.7 Å². The second-order valence-electron chi connectivity index (χ2n) is 4.89. The number of nitrogens with zero attached hydrogens (tertiary/aromatic N) is 2. The molecule has 0 aromatic heterocycles. The quantitative estimate of drug-likeness (QED) is 0.771. The normalized spacial score (nSPS) is 25.2. The highest BCUT2D eigenvalue weighted by molar-refractivity contribution is 5.81. The maximum absolute atomic E-state index is 12.1. The Morgan fingerprint density at radius 2 is 2.19 bits per heavy atom. The summed E-state index contributed by atoms with van der Waals surface area (Å²) >= 11 is 0. The molecule has 16 heavy (non-hydrogen) atoms. The van der Waals surface area contributed by atoms with Crippen LogP contribution in [-0.4, -0.2) is 54.5 Å². The fourth-order valence-electron chi connectivity index (χ4n) is 2.35. The van der Waals surface area contributed by atoms with Crippen LogP contribution in [-0.2, 0) is 4.79 Å². The monoisotopic (exact) mass is 227 g/mol. The van der Waals surface area contributed by atoms with Crippen molar-refractivity contribution in [3.05, 3.63) is 0 Å².